The highest BCUT2D eigenvalue weighted by Gasteiger charge is 2.24. The molecule has 0 unspecified atom stereocenters. The van der Waals surface area contributed by atoms with Crippen LogP contribution in [0.4, 0.5) is 0 Å². The Morgan fingerprint density at radius 1 is 1.23 bits per heavy atom. The van der Waals surface area contributed by atoms with Gasteiger partial charge in [-0.25, -0.2) is 10.2 Å². The van der Waals surface area contributed by atoms with Gasteiger partial charge in [-0.3, -0.25) is 9.78 Å². The van der Waals surface area contributed by atoms with Crippen LogP contribution in [0.25, 0.3) is 0 Å². The number of benzene rings is 1. The second-order valence-corrected chi connectivity index (χ2v) is 6.50. The monoisotopic (exact) mass is 371 g/mol. The average Bonchev–Trinajstić information content (AvgIpc) is 2.67. The number of aromatic nitrogens is 1. The Balaban J connectivity index is 1.82. The second kappa shape index (κ2) is 8.10. The molecular weight excluding hydrogens is 354 g/mol. The van der Waals surface area contributed by atoms with E-state index in [1.165, 1.54) is 12.3 Å². The zero-order chi connectivity index (χ0) is 18.5. The number of hydrogen-bond acceptors (Lipinski definition) is 4. The van der Waals surface area contributed by atoms with E-state index >= 15 is 0 Å². The Bertz CT molecular complexity index is 867. The highest BCUT2D eigenvalue weighted by Crippen LogP contribution is 2.30. The van der Waals surface area contributed by atoms with Gasteiger partial charge in [-0.2, -0.15) is 5.10 Å². The van der Waals surface area contributed by atoms with Crippen molar-refractivity contribution < 1.29 is 14.7 Å². The lowest BCUT2D eigenvalue weighted by Gasteiger charge is -2.23. The number of carbonyl (C=O) groups excluding carboxylic acids is 1. The highest BCUT2D eigenvalue weighted by molar-refractivity contribution is 6.33. The molecule has 6 nitrogen and oxygen atoms in total. The van der Waals surface area contributed by atoms with Crippen LogP contribution in [0.15, 0.2) is 47.7 Å². The second-order valence-electron chi connectivity index (χ2n) is 6.10. The highest BCUT2D eigenvalue weighted by atomic mass is 35.5. The predicted octanol–water partition coefficient (Wildman–Crippen LogP) is 3.88. The van der Waals surface area contributed by atoms with Crippen LogP contribution in [0.2, 0.25) is 5.02 Å². The minimum Gasteiger partial charge on any atom is -0.478 e. The molecular formula is C19H18ClN3O3. The fraction of sp³-hybridized carbons (Fsp3) is 0.263. The number of carbonyl (C=O) groups is 2. The zero-order valence-electron chi connectivity index (χ0n) is 14.0. The van der Waals surface area contributed by atoms with Crippen molar-refractivity contribution in [1.82, 2.24) is 10.4 Å². The van der Waals surface area contributed by atoms with E-state index in [1.54, 1.807) is 30.3 Å². The van der Waals surface area contributed by atoms with Gasteiger partial charge in [0.1, 0.15) is 0 Å². The molecule has 1 fully saturated rings. The van der Waals surface area contributed by atoms with Gasteiger partial charge in [0.2, 0.25) is 0 Å². The molecule has 3 rings (SSSR count). The number of carboxylic acid groups (broad SMARTS) is 1. The molecule has 1 aromatic carbocycles. The number of halogens is 1. The van der Waals surface area contributed by atoms with Gasteiger partial charge in [0.05, 0.1) is 16.1 Å². The first kappa shape index (κ1) is 18.1. The van der Waals surface area contributed by atoms with E-state index in [0.29, 0.717) is 16.3 Å². The molecule has 26 heavy (non-hydrogen) atoms. The number of aromatic carboxylic acids is 1. The van der Waals surface area contributed by atoms with Crippen molar-refractivity contribution in [1.29, 1.82) is 0 Å². The third kappa shape index (κ3) is 4.08. The lowest BCUT2D eigenvalue weighted by molar-refractivity contribution is 0.0696. The largest absolute Gasteiger partial charge is 0.478 e. The lowest BCUT2D eigenvalue weighted by Crippen LogP contribution is -2.25. The maximum atomic E-state index is 12.3. The number of hydrazone groups is 1. The summed E-state index contributed by atoms with van der Waals surface area (Å²) in [5.41, 5.74) is 4.58. The fourth-order valence-corrected chi connectivity index (χ4v) is 3.27. The SMILES string of the molecule is O=C(O)c1ccnc([C@@H]2CCCC/C2=N/NC(=O)c2ccccc2Cl)c1. The Hall–Kier alpha value is -2.73. The summed E-state index contributed by atoms with van der Waals surface area (Å²) in [5, 5.41) is 13.8. The molecule has 1 atom stereocenters. The zero-order valence-corrected chi connectivity index (χ0v) is 14.7. The van der Waals surface area contributed by atoms with Gasteiger partial charge >= 0.3 is 5.97 Å². The minimum atomic E-state index is -0.991. The smallest absolute Gasteiger partial charge is 0.335 e. The van der Waals surface area contributed by atoms with Crippen LogP contribution in [0.3, 0.4) is 0 Å². The molecule has 0 aliphatic heterocycles. The number of rotatable bonds is 4. The summed E-state index contributed by atoms with van der Waals surface area (Å²) in [4.78, 5) is 27.8. The molecule has 0 spiro atoms. The van der Waals surface area contributed by atoms with Crippen molar-refractivity contribution in [2.45, 2.75) is 31.6 Å². The number of hydrogen-bond donors (Lipinski definition) is 2. The first-order valence-electron chi connectivity index (χ1n) is 8.37. The van der Waals surface area contributed by atoms with Crippen molar-refractivity contribution in [3.63, 3.8) is 0 Å². The Labute approximate surface area is 155 Å². The van der Waals surface area contributed by atoms with Crippen LogP contribution in [0.5, 0.6) is 0 Å². The molecule has 1 aromatic heterocycles. The minimum absolute atomic E-state index is 0.102. The average molecular weight is 372 g/mol. The maximum Gasteiger partial charge on any atom is 0.335 e. The number of nitrogens with one attached hydrogen (secondary N) is 1. The summed E-state index contributed by atoms with van der Waals surface area (Å²) in [6, 6.07) is 9.80. The van der Waals surface area contributed by atoms with Gasteiger partial charge in [0, 0.05) is 23.5 Å². The van der Waals surface area contributed by atoms with Gasteiger partial charge < -0.3 is 5.11 Å². The third-order valence-electron chi connectivity index (χ3n) is 4.38. The number of amides is 1. The molecule has 1 aliphatic carbocycles. The van der Waals surface area contributed by atoms with Crippen LogP contribution in [-0.4, -0.2) is 27.7 Å². The normalized spacial score (nSPS) is 18.5. The van der Waals surface area contributed by atoms with Gasteiger partial charge in [0.25, 0.3) is 5.91 Å². The summed E-state index contributed by atoms with van der Waals surface area (Å²) < 4.78 is 0. The Morgan fingerprint density at radius 3 is 2.81 bits per heavy atom. The summed E-state index contributed by atoms with van der Waals surface area (Å²) in [5.74, 6) is -1.47. The van der Waals surface area contributed by atoms with E-state index in [0.717, 1.165) is 31.4 Å². The van der Waals surface area contributed by atoms with Crippen molar-refractivity contribution in [3.05, 3.63) is 64.4 Å². The molecule has 0 saturated heterocycles. The summed E-state index contributed by atoms with van der Waals surface area (Å²) in [6.07, 6.45) is 5.01. The van der Waals surface area contributed by atoms with E-state index < -0.39 is 5.97 Å². The molecule has 2 aromatic rings. The number of carboxylic acids is 1. The lowest BCUT2D eigenvalue weighted by atomic mass is 9.84. The topological polar surface area (TPSA) is 91.7 Å². The molecule has 0 bridgehead atoms. The van der Waals surface area contributed by atoms with Crippen LogP contribution >= 0.6 is 11.6 Å². The molecule has 1 aliphatic rings. The van der Waals surface area contributed by atoms with Crippen LogP contribution in [0, 0.1) is 0 Å². The van der Waals surface area contributed by atoms with Crippen LogP contribution in [0.1, 0.15) is 58.0 Å². The van der Waals surface area contributed by atoms with Crippen LogP contribution < -0.4 is 5.43 Å². The van der Waals surface area contributed by atoms with E-state index in [-0.39, 0.29) is 17.4 Å². The quantitative estimate of drug-likeness (QED) is 0.798. The summed E-state index contributed by atoms with van der Waals surface area (Å²) >= 11 is 6.04. The molecule has 1 amide bonds. The summed E-state index contributed by atoms with van der Waals surface area (Å²) in [6.45, 7) is 0. The molecule has 2 N–H and O–H groups in total. The van der Waals surface area contributed by atoms with Gasteiger partial charge in [-0.1, -0.05) is 30.2 Å². The van der Waals surface area contributed by atoms with Crippen molar-refractivity contribution in [2.75, 3.05) is 0 Å². The Kier molecular flexibility index (Phi) is 5.63. The van der Waals surface area contributed by atoms with E-state index in [1.807, 2.05) is 0 Å². The predicted molar refractivity (Wildman–Crippen MR) is 98.8 cm³/mol. The summed E-state index contributed by atoms with van der Waals surface area (Å²) in [7, 11) is 0. The number of pyridine rings is 1. The van der Waals surface area contributed by atoms with Crippen LogP contribution in [-0.2, 0) is 0 Å². The first-order chi connectivity index (χ1) is 12.6. The van der Waals surface area contributed by atoms with Crippen molar-refractivity contribution >= 4 is 29.2 Å². The molecule has 1 heterocycles. The van der Waals surface area contributed by atoms with E-state index in [9.17, 15) is 14.7 Å². The van der Waals surface area contributed by atoms with Crippen molar-refractivity contribution in [3.8, 4) is 0 Å². The van der Waals surface area contributed by atoms with E-state index in [2.05, 4.69) is 15.5 Å². The maximum absolute atomic E-state index is 12.3. The van der Waals surface area contributed by atoms with Gasteiger partial charge in [-0.15, -0.1) is 0 Å². The molecule has 0 radical (unpaired) electrons. The molecule has 1 saturated carbocycles. The first-order valence-corrected chi connectivity index (χ1v) is 8.74. The molecule has 134 valence electrons. The van der Waals surface area contributed by atoms with Crippen molar-refractivity contribution in [2.24, 2.45) is 5.10 Å². The number of nitrogens with zero attached hydrogens (tertiary/aromatic N) is 2. The fourth-order valence-electron chi connectivity index (χ4n) is 3.05. The molecule has 7 heteroatoms. The Morgan fingerprint density at radius 2 is 2.04 bits per heavy atom. The third-order valence-corrected chi connectivity index (χ3v) is 4.71. The van der Waals surface area contributed by atoms with Gasteiger partial charge in [0.15, 0.2) is 0 Å². The van der Waals surface area contributed by atoms with Gasteiger partial charge in [-0.05, 0) is 43.5 Å². The van der Waals surface area contributed by atoms with E-state index in [4.69, 9.17) is 11.6 Å². The standard InChI is InChI=1S/C19H18ClN3O3/c20-15-7-3-1-5-13(15)18(24)23-22-16-8-4-2-6-14(16)17-11-12(19(25)26)9-10-21-17/h1,3,5,7,9-11,14H,2,4,6,8H2,(H,23,24)(H,25,26)/b22-16-/t14-/m1/s1.